The molecule has 12 heteroatoms. The van der Waals surface area contributed by atoms with Crippen LogP contribution in [0.5, 0.6) is 11.5 Å². The fourth-order valence-corrected chi connectivity index (χ4v) is 4.42. The molecule has 0 amide bonds. The van der Waals surface area contributed by atoms with Crippen molar-refractivity contribution in [2.24, 2.45) is 0 Å². The van der Waals surface area contributed by atoms with Crippen LogP contribution in [-0.4, -0.2) is 77.0 Å². The van der Waals surface area contributed by atoms with E-state index in [9.17, 15) is 19.1 Å². The van der Waals surface area contributed by atoms with Crippen LogP contribution in [0.2, 0.25) is 0 Å². The first-order valence-electron chi connectivity index (χ1n) is 13.6. The quantitative estimate of drug-likeness (QED) is 0.138. The van der Waals surface area contributed by atoms with Gasteiger partial charge in [0.2, 0.25) is 5.95 Å². The number of nitrogens with zero attached hydrogens (tertiary/aromatic N) is 4. The van der Waals surface area contributed by atoms with Crippen molar-refractivity contribution in [3.8, 4) is 33.9 Å². The molecule has 0 aliphatic rings. The second kappa shape index (κ2) is 13.2. The number of carbonyl (C=O) groups is 2. The van der Waals surface area contributed by atoms with Crippen molar-refractivity contribution in [2.75, 3.05) is 45.4 Å². The lowest BCUT2D eigenvalue weighted by Gasteiger charge is -2.12. The third-order valence-corrected chi connectivity index (χ3v) is 6.65. The molecule has 5 rings (SSSR count). The van der Waals surface area contributed by atoms with Gasteiger partial charge in [-0.15, -0.1) is 0 Å². The molecule has 0 saturated heterocycles. The van der Waals surface area contributed by atoms with Crippen LogP contribution in [0, 0.1) is 5.95 Å². The van der Waals surface area contributed by atoms with Crippen molar-refractivity contribution in [3.05, 3.63) is 96.2 Å². The molecule has 3 aromatic heterocycles. The van der Waals surface area contributed by atoms with Gasteiger partial charge in [0.1, 0.15) is 36.2 Å². The standard InChI is InChI=1S/C32H29FN4O7/c1-36(2)28-12-10-24(30(33)35-28)20-3-5-21(6-4-20)27-19-37-18-23(8-11-29(37)34-27)44-16-14-42-13-15-43-22-7-9-25(31(38)39)26(17-22)32(40)41/h3-12,17-19H,13-16H2,1-2H3,(H,38,39)(H,40,41). The Labute approximate surface area is 251 Å². The van der Waals surface area contributed by atoms with Gasteiger partial charge in [-0.2, -0.15) is 4.39 Å². The summed E-state index contributed by atoms with van der Waals surface area (Å²) in [4.78, 5) is 32.9. The van der Waals surface area contributed by atoms with Crippen LogP contribution in [0.25, 0.3) is 28.0 Å². The fraction of sp³-hybridized carbons (Fsp3) is 0.188. The predicted molar refractivity (Wildman–Crippen MR) is 160 cm³/mol. The molecule has 0 unspecified atom stereocenters. The van der Waals surface area contributed by atoms with E-state index in [-0.39, 0.29) is 43.3 Å². The minimum Gasteiger partial charge on any atom is -0.491 e. The Morgan fingerprint density at radius 1 is 0.773 bits per heavy atom. The number of aromatic carboxylic acids is 2. The van der Waals surface area contributed by atoms with Gasteiger partial charge in [0.25, 0.3) is 0 Å². The minimum atomic E-state index is -1.35. The van der Waals surface area contributed by atoms with E-state index in [1.807, 2.05) is 67.3 Å². The van der Waals surface area contributed by atoms with Crippen LogP contribution in [-0.2, 0) is 4.74 Å². The normalized spacial score (nSPS) is 11.0. The number of aromatic nitrogens is 3. The lowest BCUT2D eigenvalue weighted by molar-refractivity contribution is 0.0649. The summed E-state index contributed by atoms with van der Waals surface area (Å²) in [5.41, 5.74) is 2.87. The van der Waals surface area contributed by atoms with Gasteiger partial charge in [0.15, 0.2) is 0 Å². The number of carboxylic acid groups (broad SMARTS) is 2. The van der Waals surface area contributed by atoms with E-state index in [1.165, 1.54) is 18.2 Å². The lowest BCUT2D eigenvalue weighted by Crippen LogP contribution is -2.13. The van der Waals surface area contributed by atoms with Crippen LogP contribution in [0.1, 0.15) is 20.7 Å². The number of hydrogen-bond donors (Lipinski definition) is 2. The number of halogens is 1. The minimum absolute atomic E-state index is 0.144. The van der Waals surface area contributed by atoms with Crippen LogP contribution in [0.3, 0.4) is 0 Å². The van der Waals surface area contributed by atoms with E-state index < -0.39 is 17.9 Å². The van der Waals surface area contributed by atoms with Crippen molar-refractivity contribution in [2.45, 2.75) is 0 Å². The molecule has 44 heavy (non-hydrogen) atoms. The van der Waals surface area contributed by atoms with E-state index in [0.29, 0.717) is 17.1 Å². The molecule has 0 aliphatic carbocycles. The summed E-state index contributed by atoms with van der Waals surface area (Å²) in [7, 11) is 3.62. The SMILES string of the molecule is CN(C)c1ccc(-c2ccc(-c3cn4cc(OCCOCCOc5ccc(C(=O)O)c(C(=O)O)c5)ccc4n3)cc2)c(F)n1. The van der Waals surface area contributed by atoms with Crippen molar-refractivity contribution in [1.29, 1.82) is 0 Å². The average molecular weight is 601 g/mol. The van der Waals surface area contributed by atoms with Crippen LogP contribution in [0.15, 0.2) is 79.1 Å². The van der Waals surface area contributed by atoms with Crippen molar-refractivity contribution >= 4 is 23.4 Å². The van der Waals surface area contributed by atoms with E-state index in [1.54, 1.807) is 17.0 Å². The highest BCUT2D eigenvalue weighted by atomic mass is 19.1. The summed E-state index contributed by atoms with van der Waals surface area (Å²) < 4.78 is 33.2. The smallest absolute Gasteiger partial charge is 0.336 e. The highest BCUT2D eigenvalue weighted by molar-refractivity contribution is 6.02. The molecule has 0 atom stereocenters. The molecule has 5 aromatic rings. The van der Waals surface area contributed by atoms with Gasteiger partial charge in [-0.05, 0) is 48.0 Å². The molecule has 2 aromatic carbocycles. The highest BCUT2D eigenvalue weighted by Gasteiger charge is 2.17. The summed E-state index contributed by atoms with van der Waals surface area (Å²) in [5.74, 6) is -1.79. The average Bonchev–Trinajstić information content (AvgIpc) is 3.44. The highest BCUT2D eigenvalue weighted by Crippen LogP contribution is 2.28. The number of fused-ring (bicyclic) bond motifs is 1. The number of pyridine rings is 2. The summed E-state index contributed by atoms with van der Waals surface area (Å²) in [6, 6.07) is 18.4. The van der Waals surface area contributed by atoms with Gasteiger partial charge in [0.05, 0.1) is 36.2 Å². The molecular formula is C32H29FN4O7. The third kappa shape index (κ3) is 6.93. The van der Waals surface area contributed by atoms with Gasteiger partial charge in [-0.3, -0.25) is 0 Å². The number of carboxylic acids is 2. The largest absolute Gasteiger partial charge is 0.491 e. The van der Waals surface area contributed by atoms with E-state index in [2.05, 4.69) is 9.97 Å². The number of rotatable bonds is 13. The second-order valence-corrected chi connectivity index (χ2v) is 9.86. The Hall–Kier alpha value is -5.49. The maximum Gasteiger partial charge on any atom is 0.336 e. The topological polar surface area (TPSA) is 136 Å². The Morgan fingerprint density at radius 2 is 1.43 bits per heavy atom. The van der Waals surface area contributed by atoms with Crippen LogP contribution in [0.4, 0.5) is 10.2 Å². The third-order valence-electron chi connectivity index (χ3n) is 6.65. The molecule has 11 nitrogen and oxygen atoms in total. The Balaban J connectivity index is 1.11. The summed E-state index contributed by atoms with van der Waals surface area (Å²) in [6.45, 7) is 0.936. The fourth-order valence-electron chi connectivity index (χ4n) is 4.42. The molecule has 3 heterocycles. The Bertz CT molecular complexity index is 1800. The summed E-state index contributed by atoms with van der Waals surface area (Å²) in [5, 5.41) is 18.3. The van der Waals surface area contributed by atoms with Gasteiger partial charge >= 0.3 is 11.9 Å². The summed E-state index contributed by atoms with van der Waals surface area (Å²) in [6.07, 6.45) is 3.70. The molecule has 0 fully saturated rings. The number of imidazole rings is 1. The van der Waals surface area contributed by atoms with Crippen LogP contribution >= 0.6 is 0 Å². The van der Waals surface area contributed by atoms with E-state index >= 15 is 0 Å². The molecule has 0 spiro atoms. The van der Waals surface area contributed by atoms with Gasteiger partial charge < -0.3 is 33.7 Å². The molecule has 0 bridgehead atoms. The van der Waals surface area contributed by atoms with Crippen molar-refractivity contribution < 1.29 is 38.4 Å². The van der Waals surface area contributed by atoms with Gasteiger partial charge in [-0.1, -0.05) is 24.3 Å². The van der Waals surface area contributed by atoms with Gasteiger partial charge in [0, 0.05) is 31.4 Å². The maximum absolute atomic E-state index is 14.6. The lowest BCUT2D eigenvalue weighted by atomic mass is 10.0. The molecule has 0 saturated carbocycles. The number of benzene rings is 2. The summed E-state index contributed by atoms with van der Waals surface area (Å²) >= 11 is 0. The first-order chi connectivity index (χ1) is 21.2. The monoisotopic (exact) mass is 600 g/mol. The molecule has 226 valence electrons. The van der Waals surface area contributed by atoms with Crippen molar-refractivity contribution in [1.82, 2.24) is 14.4 Å². The second-order valence-electron chi connectivity index (χ2n) is 9.86. The molecule has 2 N–H and O–H groups in total. The van der Waals surface area contributed by atoms with Crippen molar-refractivity contribution in [3.63, 3.8) is 0 Å². The first-order valence-corrected chi connectivity index (χ1v) is 13.6. The van der Waals surface area contributed by atoms with E-state index in [0.717, 1.165) is 22.5 Å². The number of anilines is 1. The molecule has 0 aliphatic heterocycles. The van der Waals surface area contributed by atoms with E-state index in [4.69, 9.17) is 19.3 Å². The maximum atomic E-state index is 14.6. The van der Waals surface area contributed by atoms with Gasteiger partial charge in [-0.25, -0.2) is 19.6 Å². The molecule has 0 radical (unpaired) electrons. The number of ether oxygens (including phenoxy) is 3. The zero-order valence-corrected chi connectivity index (χ0v) is 23.9. The number of hydrogen-bond acceptors (Lipinski definition) is 8. The Kier molecular flexibility index (Phi) is 9.01. The molecular weight excluding hydrogens is 571 g/mol. The predicted octanol–water partition coefficient (Wildman–Crippen LogP) is 5.14. The zero-order valence-electron chi connectivity index (χ0n) is 23.9. The Morgan fingerprint density at radius 3 is 2.09 bits per heavy atom. The van der Waals surface area contributed by atoms with Crippen LogP contribution < -0.4 is 14.4 Å². The zero-order chi connectivity index (χ0) is 31.2. The first kappa shape index (κ1) is 30.0.